The molecule has 0 aliphatic carbocycles. The van der Waals surface area contributed by atoms with Gasteiger partial charge in [0, 0.05) is 5.69 Å². The van der Waals surface area contributed by atoms with Gasteiger partial charge in [0.1, 0.15) is 13.3 Å². The molecule has 0 fully saturated rings. The van der Waals surface area contributed by atoms with Gasteiger partial charge in [0.05, 0.1) is 5.69 Å². The Kier molecular flexibility index (Phi) is 2.85. The molecular formula is C8H11FN2O. The maximum Gasteiger partial charge on any atom is 0.237 e. The molecule has 4 heteroatoms. The van der Waals surface area contributed by atoms with Crippen molar-refractivity contribution in [2.45, 2.75) is 6.92 Å². The molecule has 66 valence electrons. The summed E-state index contributed by atoms with van der Waals surface area (Å²) in [7, 11) is 0. The fourth-order valence-electron chi connectivity index (χ4n) is 0.795. The van der Waals surface area contributed by atoms with Crippen LogP contribution >= 0.6 is 0 Å². The molecule has 2 N–H and O–H groups in total. The van der Waals surface area contributed by atoms with Gasteiger partial charge in [-0.3, -0.25) is 0 Å². The summed E-state index contributed by atoms with van der Waals surface area (Å²) in [6.45, 7) is 1.29. The van der Waals surface area contributed by atoms with E-state index in [2.05, 4.69) is 4.98 Å². The van der Waals surface area contributed by atoms with Crippen LogP contribution in [0.1, 0.15) is 5.69 Å². The number of hydrogen-bond acceptors (Lipinski definition) is 3. The monoisotopic (exact) mass is 170 g/mol. The highest BCUT2D eigenvalue weighted by atomic mass is 19.1. The van der Waals surface area contributed by atoms with Crippen molar-refractivity contribution in [1.29, 1.82) is 0 Å². The molecule has 0 aliphatic heterocycles. The second kappa shape index (κ2) is 3.90. The van der Waals surface area contributed by atoms with Gasteiger partial charge in [0.2, 0.25) is 5.88 Å². The van der Waals surface area contributed by atoms with E-state index in [-0.39, 0.29) is 6.61 Å². The van der Waals surface area contributed by atoms with Crippen molar-refractivity contribution in [3.8, 4) is 5.88 Å². The Morgan fingerprint density at radius 1 is 1.58 bits per heavy atom. The van der Waals surface area contributed by atoms with Crippen LogP contribution in [0.15, 0.2) is 12.1 Å². The Hall–Kier alpha value is -1.32. The molecule has 1 aromatic rings. The van der Waals surface area contributed by atoms with E-state index in [9.17, 15) is 4.39 Å². The van der Waals surface area contributed by atoms with Gasteiger partial charge in [-0.2, -0.15) is 0 Å². The number of aryl methyl sites for hydroxylation is 1. The molecule has 0 aliphatic rings. The van der Waals surface area contributed by atoms with Crippen LogP contribution < -0.4 is 10.5 Å². The quantitative estimate of drug-likeness (QED) is 0.744. The third kappa shape index (κ3) is 2.08. The highest BCUT2D eigenvalue weighted by Crippen LogP contribution is 2.17. The molecule has 1 heterocycles. The predicted octanol–water partition coefficient (Wildman–Crippen LogP) is 1.32. The minimum absolute atomic E-state index is 0.000648. The maximum atomic E-state index is 11.7. The van der Waals surface area contributed by atoms with Crippen molar-refractivity contribution in [2.24, 2.45) is 0 Å². The molecule has 1 aromatic heterocycles. The van der Waals surface area contributed by atoms with E-state index in [1.54, 1.807) is 12.1 Å². The Balaban J connectivity index is 2.75. The van der Waals surface area contributed by atoms with E-state index in [1.165, 1.54) is 0 Å². The lowest BCUT2D eigenvalue weighted by atomic mass is 10.3. The van der Waals surface area contributed by atoms with E-state index in [0.717, 1.165) is 5.69 Å². The molecule has 0 atom stereocenters. The Bertz CT molecular complexity index is 265. The van der Waals surface area contributed by atoms with Crippen LogP contribution in [0.2, 0.25) is 0 Å². The van der Waals surface area contributed by atoms with Gasteiger partial charge in [-0.15, -0.1) is 0 Å². The minimum Gasteiger partial charge on any atom is -0.473 e. The molecule has 1 rings (SSSR count). The smallest absolute Gasteiger partial charge is 0.237 e. The number of pyridine rings is 1. The highest BCUT2D eigenvalue weighted by Gasteiger charge is 2.00. The average Bonchev–Trinajstić information content (AvgIpc) is 2.07. The zero-order chi connectivity index (χ0) is 8.97. The highest BCUT2D eigenvalue weighted by molar-refractivity contribution is 5.48. The Labute approximate surface area is 70.4 Å². The lowest BCUT2D eigenvalue weighted by Gasteiger charge is -2.05. The van der Waals surface area contributed by atoms with Crippen LogP contribution in [0.25, 0.3) is 0 Å². The van der Waals surface area contributed by atoms with Gasteiger partial charge >= 0.3 is 0 Å². The number of anilines is 1. The lowest BCUT2D eigenvalue weighted by molar-refractivity contribution is 0.265. The summed E-state index contributed by atoms with van der Waals surface area (Å²) >= 11 is 0. The molecule has 0 radical (unpaired) electrons. The van der Waals surface area contributed by atoms with Crippen LogP contribution in [0.4, 0.5) is 10.1 Å². The number of nitrogen functional groups attached to an aromatic ring is 1. The maximum absolute atomic E-state index is 11.7. The number of ether oxygens (including phenoxy) is 1. The summed E-state index contributed by atoms with van der Waals surface area (Å²) in [5.41, 5.74) is 6.76. The Morgan fingerprint density at radius 3 is 3.00 bits per heavy atom. The van der Waals surface area contributed by atoms with Gasteiger partial charge in [0.15, 0.2) is 0 Å². The van der Waals surface area contributed by atoms with E-state index >= 15 is 0 Å². The largest absolute Gasteiger partial charge is 0.473 e. The number of rotatable bonds is 3. The Morgan fingerprint density at radius 2 is 2.33 bits per heavy atom. The van der Waals surface area contributed by atoms with Crippen LogP contribution in [0.5, 0.6) is 5.88 Å². The van der Waals surface area contributed by atoms with Crippen molar-refractivity contribution in [1.82, 2.24) is 4.98 Å². The lowest BCUT2D eigenvalue weighted by Crippen LogP contribution is -2.03. The van der Waals surface area contributed by atoms with Gasteiger partial charge in [-0.25, -0.2) is 9.37 Å². The SMILES string of the molecule is Cc1ccc(N)c(OCCF)n1. The second-order valence-corrected chi connectivity index (χ2v) is 2.38. The number of nitrogens with two attached hydrogens (primary N) is 1. The second-order valence-electron chi connectivity index (χ2n) is 2.38. The fraction of sp³-hybridized carbons (Fsp3) is 0.375. The van der Waals surface area contributed by atoms with Crippen molar-refractivity contribution in [3.05, 3.63) is 17.8 Å². The first-order valence-electron chi connectivity index (χ1n) is 3.66. The predicted molar refractivity (Wildman–Crippen MR) is 44.9 cm³/mol. The topological polar surface area (TPSA) is 48.1 Å². The van der Waals surface area contributed by atoms with Gasteiger partial charge in [0.25, 0.3) is 0 Å². The number of aromatic nitrogens is 1. The van der Waals surface area contributed by atoms with Gasteiger partial charge in [-0.05, 0) is 19.1 Å². The number of halogens is 1. The minimum atomic E-state index is -0.533. The molecule has 0 unspecified atom stereocenters. The molecule has 0 aromatic carbocycles. The van der Waals surface area contributed by atoms with Gasteiger partial charge in [-0.1, -0.05) is 0 Å². The fourth-order valence-corrected chi connectivity index (χ4v) is 0.795. The first-order valence-corrected chi connectivity index (χ1v) is 3.66. The molecule has 0 spiro atoms. The van der Waals surface area contributed by atoms with Crippen LogP contribution in [0.3, 0.4) is 0 Å². The standard InChI is InChI=1S/C8H11FN2O/c1-6-2-3-7(10)8(11-6)12-5-4-9/h2-3H,4-5,10H2,1H3. The molecular weight excluding hydrogens is 159 g/mol. The summed E-state index contributed by atoms with van der Waals surface area (Å²) in [5.74, 6) is 0.313. The van der Waals surface area contributed by atoms with Crippen molar-refractivity contribution < 1.29 is 9.13 Å². The molecule has 0 amide bonds. The van der Waals surface area contributed by atoms with Crippen LogP contribution in [0, 0.1) is 6.92 Å². The molecule has 0 bridgehead atoms. The average molecular weight is 170 g/mol. The number of alkyl halides is 1. The molecule has 0 saturated carbocycles. The number of hydrogen-bond donors (Lipinski definition) is 1. The molecule has 12 heavy (non-hydrogen) atoms. The first kappa shape index (κ1) is 8.77. The summed E-state index contributed by atoms with van der Waals surface area (Å²) in [4.78, 5) is 4.00. The third-order valence-electron chi connectivity index (χ3n) is 1.34. The van der Waals surface area contributed by atoms with Crippen LogP contribution in [-0.2, 0) is 0 Å². The summed E-state index contributed by atoms with van der Waals surface area (Å²) in [5, 5.41) is 0. The normalized spacial score (nSPS) is 9.83. The van der Waals surface area contributed by atoms with E-state index < -0.39 is 6.67 Å². The van der Waals surface area contributed by atoms with Gasteiger partial charge < -0.3 is 10.5 Å². The van der Waals surface area contributed by atoms with Crippen LogP contribution in [-0.4, -0.2) is 18.3 Å². The number of nitrogens with zero attached hydrogens (tertiary/aromatic N) is 1. The summed E-state index contributed by atoms with van der Waals surface area (Å²) in [6, 6.07) is 3.47. The summed E-state index contributed by atoms with van der Waals surface area (Å²) < 4.78 is 16.7. The van der Waals surface area contributed by atoms with E-state index in [4.69, 9.17) is 10.5 Å². The zero-order valence-electron chi connectivity index (χ0n) is 6.88. The van der Waals surface area contributed by atoms with Crippen molar-refractivity contribution in [2.75, 3.05) is 19.0 Å². The van der Waals surface area contributed by atoms with Crippen molar-refractivity contribution in [3.63, 3.8) is 0 Å². The third-order valence-corrected chi connectivity index (χ3v) is 1.34. The van der Waals surface area contributed by atoms with Crippen molar-refractivity contribution >= 4 is 5.69 Å². The first-order chi connectivity index (χ1) is 5.74. The molecule has 3 nitrogen and oxygen atoms in total. The van der Waals surface area contributed by atoms with E-state index in [1.807, 2.05) is 6.92 Å². The molecule has 0 saturated heterocycles. The zero-order valence-corrected chi connectivity index (χ0v) is 6.88. The van der Waals surface area contributed by atoms with E-state index in [0.29, 0.717) is 11.6 Å². The summed E-state index contributed by atoms with van der Waals surface area (Å²) in [6.07, 6.45) is 0.